The van der Waals surface area contributed by atoms with Gasteiger partial charge < -0.3 is 9.73 Å². The molecule has 0 spiro atoms. The molecule has 132 valence electrons. The maximum atomic E-state index is 6.00. The lowest BCUT2D eigenvalue weighted by atomic mass is 9.89. The van der Waals surface area contributed by atoms with Gasteiger partial charge in [0.2, 0.25) is 0 Å². The molecule has 2 aromatic carbocycles. The van der Waals surface area contributed by atoms with E-state index in [9.17, 15) is 0 Å². The molecule has 0 aliphatic heterocycles. The van der Waals surface area contributed by atoms with E-state index < -0.39 is 0 Å². The first kappa shape index (κ1) is 17.9. The van der Waals surface area contributed by atoms with Crippen molar-refractivity contribution in [1.29, 1.82) is 0 Å². The standard InChI is InChI=1S/C21H26N2OS/c1-5-14(4)20(13(2)3)22-21(23-25)16-10-8-12-18-19(16)15-9-6-7-11-17(15)24-18/h6-14,20,25H,5H2,1-4H3,(H,22,23)/t14-,20-/m1/s1. The Bertz CT molecular complexity index is 897. The smallest absolute Gasteiger partial charge is 0.142 e. The second-order valence-corrected chi connectivity index (χ2v) is 7.23. The minimum atomic E-state index is 0.337. The molecule has 0 saturated heterocycles. The number of hydrogen-bond acceptors (Lipinski definition) is 3. The van der Waals surface area contributed by atoms with Gasteiger partial charge in [-0.15, -0.1) is 0 Å². The lowest BCUT2D eigenvalue weighted by Crippen LogP contribution is -2.43. The van der Waals surface area contributed by atoms with Crippen molar-refractivity contribution in [2.45, 2.75) is 40.2 Å². The average Bonchev–Trinajstić information content (AvgIpc) is 3.00. The summed E-state index contributed by atoms with van der Waals surface area (Å²) in [6, 6.07) is 14.6. The molecule has 0 amide bonds. The average molecular weight is 355 g/mol. The van der Waals surface area contributed by atoms with Crippen LogP contribution >= 0.6 is 12.8 Å². The van der Waals surface area contributed by atoms with Crippen molar-refractivity contribution in [3.63, 3.8) is 0 Å². The van der Waals surface area contributed by atoms with E-state index in [0.717, 1.165) is 39.8 Å². The third kappa shape index (κ3) is 3.40. The van der Waals surface area contributed by atoms with Crippen molar-refractivity contribution >= 4 is 40.6 Å². The molecule has 3 rings (SSSR count). The van der Waals surface area contributed by atoms with Crippen molar-refractivity contribution in [3.8, 4) is 0 Å². The van der Waals surface area contributed by atoms with Gasteiger partial charge in [0.15, 0.2) is 0 Å². The Labute approximate surface area is 155 Å². The highest BCUT2D eigenvalue weighted by molar-refractivity contribution is 7.79. The van der Waals surface area contributed by atoms with Crippen LogP contribution in [0.2, 0.25) is 0 Å². The molecule has 1 aromatic heterocycles. The van der Waals surface area contributed by atoms with Crippen LogP contribution in [0.1, 0.15) is 39.7 Å². The van der Waals surface area contributed by atoms with Gasteiger partial charge in [0, 0.05) is 22.4 Å². The summed E-state index contributed by atoms with van der Waals surface area (Å²) < 4.78 is 10.3. The topological polar surface area (TPSA) is 37.5 Å². The Hall–Kier alpha value is -1.94. The Morgan fingerprint density at radius 1 is 1.08 bits per heavy atom. The van der Waals surface area contributed by atoms with Crippen LogP contribution in [0.5, 0.6) is 0 Å². The minimum absolute atomic E-state index is 0.337. The van der Waals surface area contributed by atoms with Crippen LogP contribution in [-0.4, -0.2) is 11.9 Å². The summed E-state index contributed by atoms with van der Waals surface area (Å²) in [4.78, 5) is 0. The molecule has 0 bridgehead atoms. The predicted molar refractivity (Wildman–Crippen MR) is 110 cm³/mol. The highest BCUT2D eigenvalue weighted by Crippen LogP contribution is 2.31. The summed E-state index contributed by atoms with van der Waals surface area (Å²) in [5, 5.41) is 5.84. The summed E-state index contributed by atoms with van der Waals surface area (Å²) in [7, 11) is 0. The monoisotopic (exact) mass is 354 g/mol. The SMILES string of the molecule is CC[C@@H](C)[C@H](N/C(=N\S)c1cccc2oc3ccccc3c12)C(C)C. The lowest BCUT2D eigenvalue weighted by Gasteiger charge is -2.29. The molecule has 25 heavy (non-hydrogen) atoms. The Morgan fingerprint density at radius 2 is 1.80 bits per heavy atom. The fourth-order valence-electron chi connectivity index (χ4n) is 3.51. The normalized spacial score (nSPS) is 15.0. The zero-order valence-electron chi connectivity index (χ0n) is 15.3. The molecule has 0 radical (unpaired) electrons. The Kier molecular flexibility index (Phi) is 5.38. The Morgan fingerprint density at radius 3 is 2.48 bits per heavy atom. The molecule has 1 N–H and O–H groups in total. The van der Waals surface area contributed by atoms with E-state index >= 15 is 0 Å². The van der Waals surface area contributed by atoms with Gasteiger partial charge in [0.25, 0.3) is 0 Å². The molecule has 3 nitrogen and oxygen atoms in total. The van der Waals surface area contributed by atoms with Crippen LogP contribution in [0.15, 0.2) is 51.3 Å². The van der Waals surface area contributed by atoms with Gasteiger partial charge >= 0.3 is 0 Å². The van der Waals surface area contributed by atoms with Gasteiger partial charge in [-0.05, 0) is 36.8 Å². The van der Waals surface area contributed by atoms with Crippen LogP contribution in [-0.2, 0) is 0 Å². The summed E-state index contributed by atoms with van der Waals surface area (Å²) in [5.74, 6) is 1.85. The first-order valence-corrected chi connectivity index (χ1v) is 9.36. The van der Waals surface area contributed by atoms with Crippen molar-refractivity contribution in [2.75, 3.05) is 0 Å². The number of hydrogen-bond donors (Lipinski definition) is 2. The first-order chi connectivity index (χ1) is 12.1. The number of furan rings is 1. The van der Waals surface area contributed by atoms with Gasteiger partial charge in [-0.2, -0.15) is 0 Å². The van der Waals surface area contributed by atoms with E-state index in [-0.39, 0.29) is 0 Å². The predicted octanol–water partition coefficient (Wildman–Crippen LogP) is 5.84. The number of nitrogens with zero attached hydrogens (tertiary/aromatic N) is 1. The summed E-state index contributed by atoms with van der Waals surface area (Å²) in [6.07, 6.45) is 1.12. The van der Waals surface area contributed by atoms with E-state index in [0.29, 0.717) is 17.9 Å². The second kappa shape index (κ2) is 7.52. The van der Waals surface area contributed by atoms with Crippen LogP contribution in [0.25, 0.3) is 21.9 Å². The van der Waals surface area contributed by atoms with Crippen molar-refractivity contribution in [2.24, 2.45) is 16.2 Å². The zero-order chi connectivity index (χ0) is 18.0. The van der Waals surface area contributed by atoms with Crippen LogP contribution in [0.4, 0.5) is 0 Å². The minimum Gasteiger partial charge on any atom is -0.456 e. The number of thiol groups is 1. The van der Waals surface area contributed by atoms with Crippen LogP contribution in [0.3, 0.4) is 0 Å². The van der Waals surface area contributed by atoms with Gasteiger partial charge in [0.05, 0.1) is 0 Å². The van der Waals surface area contributed by atoms with Gasteiger partial charge in [-0.25, -0.2) is 4.40 Å². The molecule has 1 heterocycles. The molecule has 0 fully saturated rings. The van der Waals surface area contributed by atoms with Crippen molar-refractivity contribution in [3.05, 3.63) is 48.0 Å². The maximum Gasteiger partial charge on any atom is 0.142 e. The van der Waals surface area contributed by atoms with E-state index in [4.69, 9.17) is 4.42 Å². The van der Waals surface area contributed by atoms with Gasteiger partial charge in [0.1, 0.15) is 17.0 Å². The third-order valence-electron chi connectivity index (χ3n) is 5.04. The number of para-hydroxylation sites is 1. The lowest BCUT2D eigenvalue weighted by molar-refractivity contribution is 0.327. The van der Waals surface area contributed by atoms with Gasteiger partial charge in [-0.1, -0.05) is 64.4 Å². The zero-order valence-corrected chi connectivity index (χ0v) is 16.2. The largest absolute Gasteiger partial charge is 0.456 e. The second-order valence-electron chi connectivity index (χ2n) is 7.03. The van der Waals surface area contributed by atoms with E-state index in [2.05, 4.69) is 62.4 Å². The molecular formula is C21H26N2OS. The number of rotatable bonds is 5. The number of nitrogens with one attached hydrogen (secondary N) is 1. The van der Waals surface area contributed by atoms with Crippen LogP contribution < -0.4 is 5.32 Å². The first-order valence-electron chi connectivity index (χ1n) is 8.96. The molecule has 0 aliphatic carbocycles. The van der Waals surface area contributed by atoms with Gasteiger partial charge in [-0.3, -0.25) is 0 Å². The van der Waals surface area contributed by atoms with Crippen molar-refractivity contribution < 1.29 is 4.42 Å². The maximum absolute atomic E-state index is 6.00. The van der Waals surface area contributed by atoms with Crippen molar-refractivity contribution in [1.82, 2.24) is 5.32 Å². The fourth-order valence-corrected chi connectivity index (χ4v) is 3.68. The van der Waals surface area contributed by atoms with Crippen LogP contribution in [0, 0.1) is 11.8 Å². The third-order valence-corrected chi connectivity index (χ3v) is 5.24. The Balaban J connectivity index is 2.10. The summed E-state index contributed by atoms with van der Waals surface area (Å²) >= 11 is 4.26. The number of benzene rings is 2. The highest BCUT2D eigenvalue weighted by atomic mass is 32.1. The van der Waals surface area contributed by atoms with E-state index in [1.54, 1.807) is 0 Å². The number of fused-ring (bicyclic) bond motifs is 3. The molecule has 4 heteroatoms. The molecule has 0 saturated carbocycles. The van der Waals surface area contributed by atoms with E-state index in [1.165, 1.54) is 0 Å². The molecule has 0 unspecified atom stereocenters. The number of amidine groups is 1. The fraction of sp³-hybridized carbons (Fsp3) is 0.381. The van der Waals surface area contributed by atoms with E-state index in [1.807, 2.05) is 30.3 Å². The molecule has 3 aromatic rings. The highest BCUT2D eigenvalue weighted by Gasteiger charge is 2.23. The molecule has 0 aliphatic rings. The summed E-state index contributed by atoms with van der Waals surface area (Å²) in [5.41, 5.74) is 2.80. The molecule has 2 atom stereocenters. The quantitative estimate of drug-likeness (QED) is 0.343. The summed E-state index contributed by atoms with van der Waals surface area (Å²) in [6.45, 7) is 8.99. The molecular weight excluding hydrogens is 328 g/mol.